The summed E-state index contributed by atoms with van der Waals surface area (Å²) in [6.45, 7) is 0. The minimum Gasteiger partial charge on any atom is -0.390 e. The molecular weight excluding hydrogens is 241 g/mol. The third-order valence-electron chi connectivity index (χ3n) is 4.89. The second-order valence-corrected chi connectivity index (χ2v) is 6.08. The van der Waals surface area contributed by atoms with Gasteiger partial charge in [0.05, 0.1) is 11.3 Å². The summed E-state index contributed by atoms with van der Waals surface area (Å²) < 4.78 is 13.7. The Hall–Kier alpha value is -1.09. The van der Waals surface area contributed by atoms with E-state index in [0.717, 1.165) is 38.5 Å². The van der Waals surface area contributed by atoms with E-state index in [0.29, 0.717) is 5.69 Å². The number of nitrogens with one attached hydrogen (secondary N) is 1. The topological polar surface area (TPSA) is 32.3 Å². The molecule has 3 unspecified atom stereocenters. The van der Waals surface area contributed by atoms with E-state index in [1.165, 1.54) is 12.5 Å². The first kappa shape index (κ1) is 12.9. The first-order valence-electron chi connectivity index (χ1n) is 7.42. The van der Waals surface area contributed by atoms with E-state index in [2.05, 4.69) is 5.32 Å². The maximum atomic E-state index is 13.7. The number of halogens is 1. The molecule has 2 N–H and O–H groups in total. The third kappa shape index (κ3) is 2.48. The first-order chi connectivity index (χ1) is 9.19. The summed E-state index contributed by atoms with van der Waals surface area (Å²) >= 11 is 0. The average molecular weight is 263 g/mol. The molecule has 2 fully saturated rings. The highest BCUT2D eigenvalue weighted by molar-refractivity contribution is 5.45. The van der Waals surface area contributed by atoms with E-state index in [1.807, 2.05) is 6.07 Å². The molecule has 2 aliphatic carbocycles. The van der Waals surface area contributed by atoms with Crippen molar-refractivity contribution >= 4 is 5.69 Å². The molecule has 0 aliphatic heterocycles. The van der Waals surface area contributed by atoms with Crippen LogP contribution in [-0.4, -0.2) is 16.7 Å². The molecule has 104 valence electrons. The Morgan fingerprint density at radius 1 is 1.11 bits per heavy atom. The van der Waals surface area contributed by atoms with Crippen LogP contribution in [0.1, 0.15) is 44.9 Å². The molecule has 0 heterocycles. The van der Waals surface area contributed by atoms with Crippen molar-refractivity contribution in [2.24, 2.45) is 5.92 Å². The average Bonchev–Trinajstić information content (AvgIpc) is 2.41. The molecule has 0 spiro atoms. The lowest BCUT2D eigenvalue weighted by atomic mass is 9.65. The molecule has 0 saturated heterocycles. The van der Waals surface area contributed by atoms with E-state index in [-0.39, 0.29) is 17.8 Å². The third-order valence-corrected chi connectivity index (χ3v) is 4.89. The molecular formula is C16H22FNO. The van der Waals surface area contributed by atoms with Gasteiger partial charge >= 0.3 is 0 Å². The van der Waals surface area contributed by atoms with Crippen LogP contribution in [0, 0.1) is 11.7 Å². The molecule has 0 radical (unpaired) electrons. The van der Waals surface area contributed by atoms with Crippen molar-refractivity contribution in [3.8, 4) is 0 Å². The molecule has 1 aromatic rings. The number of benzene rings is 1. The zero-order chi connectivity index (χ0) is 13.3. The van der Waals surface area contributed by atoms with Gasteiger partial charge in [0.25, 0.3) is 0 Å². The molecule has 2 saturated carbocycles. The lowest BCUT2D eigenvalue weighted by Gasteiger charge is -2.48. The van der Waals surface area contributed by atoms with Gasteiger partial charge in [0, 0.05) is 12.0 Å². The lowest BCUT2D eigenvalue weighted by Crippen LogP contribution is -2.52. The van der Waals surface area contributed by atoms with Crippen molar-refractivity contribution in [3.63, 3.8) is 0 Å². The Morgan fingerprint density at radius 3 is 2.74 bits per heavy atom. The maximum absolute atomic E-state index is 13.7. The fourth-order valence-electron chi connectivity index (χ4n) is 3.92. The van der Waals surface area contributed by atoms with Crippen LogP contribution in [0.5, 0.6) is 0 Å². The Labute approximate surface area is 114 Å². The minimum atomic E-state index is -0.514. The number of rotatable bonds is 2. The molecule has 2 aliphatic rings. The van der Waals surface area contributed by atoms with Crippen molar-refractivity contribution in [3.05, 3.63) is 30.1 Å². The van der Waals surface area contributed by atoms with Crippen LogP contribution < -0.4 is 5.32 Å². The Bertz CT molecular complexity index is 446. The number of hydrogen-bond donors (Lipinski definition) is 2. The van der Waals surface area contributed by atoms with E-state index in [9.17, 15) is 9.50 Å². The molecule has 0 amide bonds. The Balaban J connectivity index is 1.78. The molecule has 3 atom stereocenters. The summed E-state index contributed by atoms with van der Waals surface area (Å²) in [7, 11) is 0. The van der Waals surface area contributed by atoms with E-state index < -0.39 is 5.60 Å². The second-order valence-electron chi connectivity index (χ2n) is 6.08. The van der Waals surface area contributed by atoms with Gasteiger partial charge in [0.1, 0.15) is 5.82 Å². The number of hydrogen-bond acceptors (Lipinski definition) is 2. The fraction of sp³-hybridized carbons (Fsp3) is 0.625. The fourth-order valence-corrected chi connectivity index (χ4v) is 3.92. The highest BCUT2D eigenvalue weighted by Crippen LogP contribution is 2.44. The summed E-state index contributed by atoms with van der Waals surface area (Å²) in [5.74, 6) is 0.0713. The van der Waals surface area contributed by atoms with Crippen LogP contribution in [0.4, 0.5) is 10.1 Å². The van der Waals surface area contributed by atoms with Crippen molar-refractivity contribution in [2.75, 3.05) is 5.32 Å². The van der Waals surface area contributed by atoms with Crippen LogP contribution in [0.25, 0.3) is 0 Å². The van der Waals surface area contributed by atoms with Crippen molar-refractivity contribution in [1.29, 1.82) is 0 Å². The predicted octanol–water partition coefficient (Wildman–Crippen LogP) is 3.71. The van der Waals surface area contributed by atoms with E-state index in [1.54, 1.807) is 12.1 Å². The van der Waals surface area contributed by atoms with Crippen LogP contribution in [-0.2, 0) is 0 Å². The maximum Gasteiger partial charge on any atom is 0.146 e. The highest BCUT2D eigenvalue weighted by atomic mass is 19.1. The van der Waals surface area contributed by atoms with Gasteiger partial charge in [0.15, 0.2) is 0 Å². The largest absolute Gasteiger partial charge is 0.390 e. The van der Waals surface area contributed by atoms with Gasteiger partial charge in [-0.05, 0) is 44.2 Å². The van der Waals surface area contributed by atoms with Gasteiger partial charge < -0.3 is 10.4 Å². The molecule has 19 heavy (non-hydrogen) atoms. The van der Waals surface area contributed by atoms with Gasteiger partial charge in [-0.3, -0.25) is 0 Å². The van der Waals surface area contributed by atoms with Crippen molar-refractivity contribution < 1.29 is 9.50 Å². The summed E-state index contributed by atoms with van der Waals surface area (Å²) in [6.07, 6.45) is 7.24. The zero-order valence-electron chi connectivity index (χ0n) is 11.2. The summed E-state index contributed by atoms with van der Waals surface area (Å²) in [6, 6.07) is 7.03. The van der Waals surface area contributed by atoms with Gasteiger partial charge in [0.2, 0.25) is 0 Å². The monoisotopic (exact) mass is 263 g/mol. The molecule has 3 rings (SSSR count). The van der Waals surface area contributed by atoms with E-state index in [4.69, 9.17) is 0 Å². The quantitative estimate of drug-likeness (QED) is 0.852. The van der Waals surface area contributed by atoms with Crippen molar-refractivity contribution in [2.45, 2.75) is 56.6 Å². The molecule has 0 aromatic heterocycles. The normalized spacial score (nSPS) is 34.6. The Kier molecular flexibility index (Phi) is 3.48. The summed E-state index contributed by atoms with van der Waals surface area (Å²) in [5.41, 5.74) is 0.0571. The van der Waals surface area contributed by atoms with Crippen LogP contribution in [0.15, 0.2) is 24.3 Å². The highest BCUT2D eigenvalue weighted by Gasteiger charge is 2.45. The summed E-state index contributed by atoms with van der Waals surface area (Å²) in [5, 5.41) is 14.1. The second kappa shape index (κ2) is 5.12. The molecule has 3 heteroatoms. The smallest absolute Gasteiger partial charge is 0.146 e. The Morgan fingerprint density at radius 2 is 1.89 bits per heavy atom. The zero-order valence-corrected chi connectivity index (χ0v) is 11.2. The van der Waals surface area contributed by atoms with Crippen LogP contribution in [0.2, 0.25) is 0 Å². The number of fused-ring (bicyclic) bond motifs is 1. The van der Waals surface area contributed by atoms with Gasteiger partial charge in [-0.1, -0.05) is 25.0 Å². The van der Waals surface area contributed by atoms with Gasteiger partial charge in [-0.25, -0.2) is 4.39 Å². The molecule has 0 bridgehead atoms. The van der Waals surface area contributed by atoms with Crippen LogP contribution >= 0.6 is 0 Å². The van der Waals surface area contributed by atoms with Crippen molar-refractivity contribution in [1.82, 2.24) is 0 Å². The standard InChI is InChI=1S/C16H22FNO/c17-13-7-1-2-8-15(13)18-14-9-5-11-16(19)10-4-3-6-12(14)16/h1-2,7-8,12,14,18-19H,3-6,9-11H2. The van der Waals surface area contributed by atoms with E-state index >= 15 is 0 Å². The number of anilines is 1. The SMILES string of the molecule is OC12CCCCC1C(Nc1ccccc1F)CCC2. The predicted molar refractivity (Wildman–Crippen MR) is 74.6 cm³/mol. The van der Waals surface area contributed by atoms with Crippen LogP contribution in [0.3, 0.4) is 0 Å². The van der Waals surface area contributed by atoms with Gasteiger partial charge in [-0.2, -0.15) is 0 Å². The summed E-state index contributed by atoms with van der Waals surface area (Å²) in [4.78, 5) is 0. The minimum absolute atomic E-state index is 0.201. The number of para-hydroxylation sites is 1. The lowest BCUT2D eigenvalue weighted by molar-refractivity contribution is -0.0794. The number of aliphatic hydroxyl groups is 1. The van der Waals surface area contributed by atoms with Gasteiger partial charge in [-0.15, -0.1) is 0 Å². The molecule has 1 aromatic carbocycles. The first-order valence-corrected chi connectivity index (χ1v) is 7.42. The molecule has 2 nitrogen and oxygen atoms in total.